The number of aromatic amines is 1. The van der Waals surface area contributed by atoms with Gasteiger partial charge in [-0.15, -0.1) is 0 Å². The Kier molecular flexibility index (Phi) is 3.39. The van der Waals surface area contributed by atoms with Crippen LogP contribution in [0.2, 0.25) is 0 Å². The first-order valence-electron chi connectivity index (χ1n) is 5.47. The smallest absolute Gasteiger partial charge is 0.471 e. The summed E-state index contributed by atoms with van der Waals surface area (Å²) in [7, 11) is 0. The van der Waals surface area contributed by atoms with E-state index in [1.54, 1.807) is 5.32 Å². The fourth-order valence-electron chi connectivity index (χ4n) is 1.77. The van der Waals surface area contributed by atoms with Crippen molar-refractivity contribution in [3.63, 3.8) is 0 Å². The molecule has 0 fully saturated rings. The third-order valence-electron chi connectivity index (χ3n) is 2.62. The molecule has 0 atom stereocenters. The van der Waals surface area contributed by atoms with Crippen LogP contribution in [0.5, 0.6) is 0 Å². The van der Waals surface area contributed by atoms with Gasteiger partial charge < -0.3 is 15.4 Å². The minimum atomic E-state index is -4.98. The molecule has 1 aromatic heterocycles. The van der Waals surface area contributed by atoms with Gasteiger partial charge in [0.05, 0.1) is 6.42 Å². The topological polar surface area (TPSA) is 82.2 Å². The van der Waals surface area contributed by atoms with Crippen molar-refractivity contribution in [2.75, 3.05) is 5.32 Å². The van der Waals surface area contributed by atoms with Crippen LogP contribution in [0.3, 0.4) is 0 Å². The summed E-state index contributed by atoms with van der Waals surface area (Å²) in [5.41, 5.74) is 0.952. The van der Waals surface area contributed by atoms with Crippen molar-refractivity contribution in [2.24, 2.45) is 0 Å². The average Bonchev–Trinajstić information content (AvgIpc) is 2.70. The van der Waals surface area contributed by atoms with Gasteiger partial charge in [0.15, 0.2) is 0 Å². The van der Waals surface area contributed by atoms with Crippen molar-refractivity contribution in [2.45, 2.75) is 12.6 Å². The number of carboxylic acids is 1. The number of amides is 1. The number of nitrogens with one attached hydrogen (secondary N) is 2. The molecule has 0 aliphatic heterocycles. The van der Waals surface area contributed by atoms with E-state index in [9.17, 15) is 22.8 Å². The number of benzene rings is 1. The zero-order valence-electron chi connectivity index (χ0n) is 9.91. The second kappa shape index (κ2) is 4.87. The summed E-state index contributed by atoms with van der Waals surface area (Å²) in [5, 5.41) is 10.9. The lowest BCUT2D eigenvalue weighted by molar-refractivity contribution is -0.167. The number of aromatic nitrogens is 1. The van der Waals surface area contributed by atoms with E-state index in [-0.39, 0.29) is 12.1 Å². The van der Waals surface area contributed by atoms with E-state index in [1.807, 2.05) is 0 Å². The van der Waals surface area contributed by atoms with Gasteiger partial charge in [0.25, 0.3) is 0 Å². The van der Waals surface area contributed by atoms with E-state index in [0.717, 1.165) is 0 Å². The lowest BCUT2D eigenvalue weighted by Gasteiger charge is -2.08. The van der Waals surface area contributed by atoms with E-state index >= 15 is 0 Å². The number of alkyl halides is 3. The van der Waals surface area contributed by atoms with E-state index in [1.165, 1.54) is 24.4 Å². The quantitative estimate of drug-likeness (QED) is 0.809. The molecule has 0 radical (unpaired) electrons. The second-order valence-electron chi connectivity index (χ2n) is 4.10. The van der Waals surface area contributed by atoms with E-state index in [0.29, 0.717) is 16.5 Å². The molecule has 0 saturated heterocycles. The number of hydrogen-bond donors (Lipinski definition) is 3. The first-order chi connectivity index (χ1) is 9.27. The molecule has 0 saturated carbocycles. The first kappa shape index (κ1) is 13.9. The number of aliphatic carboxylic acids is 1. The van der Waals surface area contributed by atoms with Crippen molar-refractivity contribution in [3.05, 3.63) is 30.0 Å². The predicted molar refractivity (Wildman–Crippen MR) is 64.3 cm³/mol. The molecule has 2 rings (SSSR count). The standard InChI is InChI=1S/C12H9F3N2O3/c13-12(14,15)11(20)17-7-1-2-9-8(4-7)6(5-16-9)3-10(18)19/h1-2,4-5,16H,3H2,(H,17,20)(H,18,19). The van der Waals surface area contributed by atoms with Crippen LogP contribution < -0.4 is 5.32 Å². The first-order valence-corrected chi connectivity index (χ1v) is 5.47. The number of fused-ring (bicyclic) bond motifs is 1. The van der Waals surface area contributed by atoms with E-state index in [2.05, 4.69) is 4.98 Å². The second-order valence-corrected chi connectivity index (χ2v) is 4.10. The molecule has 3 N–H and O–H groups in total. The van der Waals surface area contributed by atoms with Gasteiger partial charge in [-0.05, 0) is 23.8 Å². The van der Waals surface area contributed by atoms with Crippen LogP contribution in [0, 0.1) is 0 Å². The van der Waals surface area contributed by atoms with Crippen LogP contribution in [0.1, 0.15) is 5.56 Å². The summed E-state index contributed by atoms with van der Waals surface area (Å²) in [6.45, 7) is 0. The fourth-order valence-corrected chi connectivity index (χ4v) is 1.77. The summed E-state index contributed by atoms with van der Waals surface area (Å²) in [5.74, 6) is -3.14. The summed E-state index contributed by atoms with van der Waals surface area (Å²) in [6.07, 6.45) is -3.78. The lowest BCUT2D eigenvalue weighted by Crippen LogP contribution is -2.29. The molecular formula is C12H9F3N2O3. The van der Waals surface area contributed by atoms with Crippen molar-refractivity contribution in [1.82, 2.24) is 4.98 Å². The van der Waals surface area contributed by atoms with Gasteiger partial charge in [-0.3, -0.25) is 9.59 Å². The minimum absolute atomic E-state index is 0.0499. The SMILES string of the molecule is O=C(O)Cc1c[nH]c2ccc(NC(=O)C(F)(F)F)cc12. The third-order valence-corrected chi connectivity index (χ3v) is 2.62. The highest BCUT2D eigenvalue weighted by molar-refractivity contribution is 5.97. The largest absolute Gasteiger partial charge is 0.481 e. The summed E-state index contributed by atoms with van der Waals surface area (Å²) in [4.78, 5) is 24.3. The summed E-state index contributed by atoms with van der Waals surface area (Å²) >= 11 is 0. The van der Waals surface area contributed by atoms with E-state index in [4.69, 9.17) is 5.11 Å². The van der Waals surface area contributed by atoms with Crippen molar-refractivity contribution < 1.29 is 27.9 Å². The Morgan fingerprint density at radius 2 is 2.00 bits per heavy atom. The molecule has 1 amide bonds. The molecule has 20 heavy (non-hydrogen) atoms. The van der Waals surface area contributed by atoms with Gasteiger partial charge in [0, 0.05) is 22.8 Å². The Labute approximate surface area is 110 Å². The third kappa shape index (κ3) is 2.90. The van der Waals surface area contributed by atoms with Gasteiger partial charge >= 0.3 is 18.1 Å². The molecule has 2 aromatic rings. The molecule has 0 bridgehead atoms. The van der Waals surface area contributed by atoms with Crippen LogP contribution >= 0.6 is 0 Å². The maximum Gasteiger partial charge on any atom is 0.471 e. The molecule has 5 nitrogen and oxygen atoms in total. The fraction of sp³-hybridized carbons (Fsp3) is 0.167. The molecule has 0 spiro atoms. The Balaban J connectivity index is 2.32. The predicted octanol–water partition coefficient (Wildman–Crippen LogP) is 2.30. The Hall–Kier alpha value is -2.51. The molecule has 0 unspecified atom stereocenters. The normalized spacial score (nSPS) is 11.6. The minimum Gasteiger partial charge on any atom is -0.481 e. The number of carbonyl (C=O) groups is 2. The highest BCUT2D eigenvalue weighted by Gasteiger charge is 2.38. The van der Waals surface area contributed by atoms with Gasteiger partial charge in [-0.1, -0.05) is 0 Å². The lowest BCUT2D eigenvalue weighted by atomic mass is 10.1. The average molecular weight is 286 g/mol. The molecule has 106 valence electrons. The Bertz CT molecular complexity index is 676. The molecular weight excluding hydrogens is 277 g/mol. The maximum absolute atomic E-state index is 12.1. The number of carboxylic acid groups (broad SMARTS) is 1. The monoisotopic (exact) mass is 286 g/mol. The Morgan fingerprint density at radius 3 is 2.60 bits per heavy atom. The molecule has 0 aliphatic carbocycles. The highest BCUT2D eigenvalue weighted by atomic mass is 19.4. The van der Waals surface area contributed by atoms with Crippen LogP contribution in [0.15, 0.2) is 24.4 Å². The van der Waals surface area contributed by atoms with Crippen LogP contribution in [0.25, 0.3) is 10.9 Å². The molecule has 1 heterocycles. The number of anilines is 1. The maximum atomic E-state index is 12.1. The van der Waals surface area contributed by atoms with Crippen molar-refractivity contribution in [1.29, 1.82) is 0 Å². The molecule has 1 aromatic carbocycles. The van der Waals surface area contributed by atoms with Crippen molar-refractivity contribution >= 4 is 28.5 Å². The number of halogens is 3. The molecule has 8 heteroatoms. The van der Waals surface area contributed by atoms with Gasteiger partial charge in [0.2, 0.25) is 0 Å². The highest BCUT2D eigenvalue weighted by Crippen LogP contribution is 2.24. The van der Waals surface area contributed by atoms with Gasteiger partial charge in [0.1, 0.15) is 0 Å². The number of carbonyl (C=O) groups excluding carboxylic acids is 1. The summed E-state index contributed by atoms with van der Waals surface area (Å²) < 4.78 is 36.4. The van der Waals surface area contributed by atoms with Crippen LogP contribution in [-0.2, 0) is 16.0 Å². The van der Waals surface area contributed by atoms with Gasteiger partial charge in [-0.2, -0.15) is 13.2 Å². The number of rotatable bonds is 3. The number of hydrogen-bond acceptors (Lipinski definition) is 2. The zero-order chi connectivity index (χ0) is 14.9. The Morgan fingerprint density at radius 1 is 1.30 bits per heavy atom. The van der Waals surface area contributed by atoms with E-state index < -0.39 is 18.1 Å². The van der Waals surface area contributed by atoms with Gasteiger partial charge in [-0.25, -0.2) is 0 Å². The van der Waals surface area contributed by atoms with Crippen LogP contribution in [-0.4, -0.2) is 28.1 Å². The van der Waals surface area contributed by atoms with Crippen molar-refractivity contribution in [3.8, 4) is 0 Å². The number of H-pyrrole nitrogens is 1. The zero-order valence-corrected chi connectivity index (χ0v) is 9.91. The van der Waals surface area contributed by atoms with Crippen LogP contribution in [0.4, 0.5) is 18.9 Å². The molecule has 0 aliphatic rings. The summed E-state index contributed by atoms with van der Waals surface area (Å²) in [6, 6.07) is 4.06.